The Kier molecular flexibility index (Phi) is 2.68. The van der Waals surface area contributed by atoms with Crippen LogP contribution in [0.15, 0.2) is 59.7 Å². The van der Waals surface area contributed by atoms with E-state index in [1.54, 1.807) is 0 Å². The molecule has 72 valence electrons. The second-order valence-electron chi connectivity index (χ2n) is 3.10. The van der Waals surface area contributed by atoms with Crippen LogP contribution in [0.1, 0.15) is 0 Å². The fraction of sp³-hybridized carbons (Fsp3) is 0. The molecule has 0 unspecified atom stereocenters. The van der Waals surface area contributed by atoms with E-state index in [1.807, 2.05) is 54.6 Å². The molecule has 0 N–H and O–H groups in total. The van der Waals surface area contributed by atoms with Crippen molar-refractivity contribution in [2.24, 2.45) is 5.11 Å². The van der Waals surface area contributed by atoms with E-state index in [0.717, 1.165) is 11.1 Å². The Hall–Kier alpha value is -2.25. The van der Waals surface area contributed by atoms with Crippen LogP contribution in [0, 0.1) is 0 Å². The lowest BCUT2D eigenvalue weighted by Gasteiger charge is -2.00. The fourth-order valence-electron chi connectivity index (χ4n) is 1.40. The number of nitrogens with zero attached hydrogens (tertiary/aromatic N) is 3. The highest BCUT2D eigenvalue weighted by molar-refractivity contribution is 5.65. The first-order chi connectivity index (χ1) is 7.40. The smallest absolute Gasteiger partial charge is 0.0375 e. The largest absolute Gasteiger partial charge is 0.0622 e. The zero-order valence-electron chi connectivity index (χ0n) is 8.04. The highest BCUT2D eigenvalue weighted by atomic mass is 15.1. The van der Waals surface area contributed by atoms with Crippen molar-refractivity contribution in [3.8, 4) is 11.1 Å². The van der Waals surface area contributed by atoms with Crippen LogP contribution in [0.3, 0.4) is 0 Å². The number of hydrogen-bond donors (Lipinski definition) is 0. The molecular formula is C12H9N3. The van der Waals surface area contributed by atoms with Crippen molar-refractivity contribution in [2.45, 2.75) is 0 Å². The highest BCUT2D eigenvalue weighted by Crippen LogP contribution is 2.22. The van der Waals surface area contributed by atoms with E-state index in [-0.39, 0.29) is 0 Å². The lowest BCUT2D eigenvalue weighted by atomic mass is 10.1. The van der Waals surface area contributed by atoms with Gasteiger partial charge in [-0.2, -0.15) is 0 Å². The molecule has 3 heteroatoms. The van der Waals surface area contributed by atoms with Crippen LogP contribution >= 0.6 is 0 Å². The molecule has 0 aromatic heterocycles. The molecule has 0 aliphatic heterocycles. The molecule has 0 heterocycles. The van der Waals surface area contributed by atoms with Gasteiger partial charge in [0.15, 0.2) is 0 Å². The fourth-order valence-corrected chi connectivity index (χ4v) is 1.40. The lowest BCUT2D eigenvalue weighted by Crippen LogP contribution is -1.74. The summed E-state index contributed by atoms with van der Waals surface area (Å²) in [6.07, 6.45) is 0. The van der Waals surface area contributed by atoms with Crippen LogP contribution < -0.4 is 0 Å². The predicted molar refractivity (Wildman–Crippen MR) is 60.7 cm³/mol. The minimum atomic E-state index is 0.636. The Balaban J connectivity index is 2.36. The van der Waals surface area contributed by atoms with Gasteiger partial charge in [0.25, 0.3) is 0 Å². The SMILES string of the molecule is [N-]=[N+]=Nc1ccc(-c2ccccc2)cc1. The molecule has 2 aromatic carbocycles. The molecule has 0 atom stereocenters. The van der Waals surface area contributed by atoms with Crippen molar-refractivity contribution >= 4 is 5.69 Å². The minimum Gasteiger partial charge on any atom is -0.0622 e. The summed E-state index contributed by atoms with van der Waals surface area (Å²) in [6.45, 7) is 0. The molecule has 0 aliphatic rings. The molecule has 0 radical (unpaired) electrons. The van der Waals surface area contributed by atoms with Gasteiger partial charge in [0.2, 0.25) is 0 Å². The standard InChI is InChI=1S/C12H9N3/c13-15-14-12-8-6-11(7-9-12)10-4-2-1-3-5-10/h1-9H. The van der Waals surface area contributed by atoms with Gasteiger partial charge < -0.3 is 0 Å². The van der Waals surface area contributed by atoms with E-state index in [2.05, 4.69) is 10.0 Å². The molecule has 0 saturated heterocycles. The van der Waals surface area contributed by atoms with E-state index < -0.39 is 0 Å². The lowest BCUT2D eigenvalue weighted by molar-refractivity contribution is 1.47. The Labute approximate surface area is 87.6 Å². The molecule has 0 saturated carbocycles. The first kappa shape index (κ1) is 9.31. The summed E-state index contributed by atoms with van der Waals surface area (Å²) in [4.78, 5) is 2.73. The van der Waals surface area contributed by atoms with Crippen LogP contribution in [0.4, 0.5) is 5.69 Å². The Morgan fingerprint density at radius 2 is 1.40 bits per heavy atom. The van der Waals surface area contributed by atoms with Crippen LogP contribution in [-0.2, 0) is 0 Å². The van der Waals surface area contributed by atoms with Crippen molar-refractivity contribution < 1.29 is 0 Å². The number of benzene rings is 2. The average Bonchev–Trinajstić information content (AvgIpc) is 2.32. The maximum absolute atomic E-state index is 8.26. The number of rotatable bonds is 2. The van der Waals surface area contributed by atoms with Crippen LogP contribution in [0.5, 0.6) is 0 Å². The summed E-state index contributed by atoms with van der Waals surface area (Å²) in [5.41, 5.74) is 11.2. The summed E-state index contributed by atoms with van der Waals surface area (Å²) in [5, 5.41) is 3.52. The highest BCUT2D eigenvalue weighted by Gasteiger charge is 1.95. The summed E-state index contributed by atoms with van der Waals surface area (Å²) >= 11 is 0. The first-order valence-electron chi connectivity index (χ1n) is 4.61. The van der Waals surface area contributed by atoms with E-state index in [0.29, 0.717) is 5.69 Å². The molecule has 3 nitrogen and oxygen atoms in total. The van der Waals surface area contributed by atoms with Gasteiger partial charge >= 0.3 is 0 Å². The van der Waals surface area contributed by atoms with Crippen molar-refractivity contribution in [1.29, 1.82) is 0 Å². The van der Waals surface area contributed by atoms with Crippen molar-refractivity contribution in [3.05, 3.63) is 65.0 Å². The van der Waals surface area contributed by atoms with Crippen molar-refractivity contribution in [1.82, 2.24) is 0 Å². The topological polar surface area (TPSA) is 48.8 Å². The molecule has 0 fully saturated rings. The molecule has 2 aromatic rings. The molecule has 15 heavy (non-hydrogen) atoms. The summed E-state index contributed by atoms with van der Waals surface area (Å²) in [6, 6.07) is 17.6. The summed E-state index contributed by atoms with van der Waals surface area (Å²) < 4.78 is 0. The average molecular weight is 195 g/mol. The maximum atomic E-state index is 8.26. The molecule has 0 aliphatic carbocycles. The van der Waals surface area contributed by atoms with Gasteiger partial charge in [-0.3, -0.25) is 0 Å². The first-order valence-corrected chi connectivity index (χ1v) is 4.61. The quantitative estimate of drug-likeness (QED) is 0.390. The third kappa shape index (κ3) is 2.16. The van der Waals surface area contributed by atoms with Crippen molar-refractivity contribution in [2.75, 3.05) is 0 Å². The van der Waals surface area contributed by atoms with Crippen molar-refractivity contribution in [3.63, 3.8) is 0 Å². The predicted octanol–water partition coefficient (Wildman–Crippen LogP) is 4.30. The van der Waals surface area contributed by atoms with E-state index in [9.17, 15) is 0 Å². The van der Waals surface area contributed by atoms with Crippen LogP contribution in [0.25, 0.3) is 21.6 Å². The molecule has 0 spiro atoms. The van der Waals surface area contributed by atoms with Gasteiger partial charge in [-0.1, -0.05) is 59.7 Å². The normalized spacial score (nSPS) is 9.33. The summed E-state index contributed by atoms with van der Waals surface area (Å²) in [7, 11) is 0. The number of azide groups is 1. The Morgan fingerprint density at radius 1 is 0.800 bits per heavy atom. The second-order valence-corrected chi connectivity index (χ2v) is 3.10. The summed E-state index contributed by atoms with van der Waals surface area (Å²) in [5.74, 6) is 0. The molecule has 2 rings (SSSR count). The third-order valence-electron chi connectivity index (χ3n) is 2.13. The molecule has 0 bridgehead atoms. The third-order valence-corrected chi connectivity index (χ3v) is 2.13. The second kappa shape index (κ2) is 4.31. The van der Waals surface area contributed by atoms with E-state index in [1.165, 1.54) is 0 Å². The zero-order chi connectivity index (χ0) is 10.5. The monoisotopic (exact) mass is 195 g/mol. The Bertz CT molecular complexity index is 482. The van der Waals surface area contributed by atoms with Gasteiger partial charge in [-0.15, -0.1) is 0 Å². The van der Waals surface area contributed by atoms with Gasteiger partial charge in [0.05, 0.1) is 0 Å². The van der Waals surface area contributed by atoms with Gasteiger partial charge in [-0.25, -0.2) is 0 Å². The number of hydrogen-bond acceptors (Lipinski definition) is 1. The van der Waals surface area contributed by atoms with E-state index in [4.69, 9.17) is 5.53 Å². The van der Waals surface area contributed by atoms with Gasteiger partial charge in [0.1, 0.15) is 0 Å². The molecule has 0 amide bonds. The van der Waals surface area contributed by atoms with Gasteiger partial charge in [0, 0.05) is 10.6 Å². The van der Waals surface area contributed by atoms with Crippen LogP contribution in [-0.4, -0.2) is 0 Å². The van der Waals surface area contributed by atoms with Gasteiger partial charge in [-0.05, 0) is 16.7 Å². The molecular weight excluding hydrogens is 186 g/mol. The van der Waals surface area contributed by atoms with Crippen LogP contribution in [0.2, 0.25) is 0 Å². The minimum absolute atomic E-state index is 0.636. The Morgan fingerprint density at radius 3 is 2.00 bits per heavy atom. The van der Waals surface area contributed by atoms with E-state index >= 15 is 0 Å². The maximum Gasteiger partial charge on any atom is 0.0375 e. The zero-order valence-corrected chi connectivity index (χ0v) is 8.04.